The Kier molecular flexibility index (Phi) is 4.00. The van der Waals surface area contributed by atoms with E-state index in [1.54, 1.807) is 17.0 Å². The number of rotatable bonds is 5. The Morgan fingerprint density at radius 1 is 1.58 bits per heavy atom. The zero-order valence-corrected chi connectivity index (χ0v) is 8.06. The number of thioether (sulfide) groups is 1. The van der Waals surface area contributed by atoms with E-state index >= 15 is 0 Å². The summed E-state index contributed by atoms with van der Waals surface area (Å²) >= 11 is 1.85. The van der Waals surface area contributed by atoms with E-state index in [1.807, 2.05) is 11.8 Å². The maximum atomic E-state index is 11.0. The smallest absolute Gasteiger partial charge is 0.313 e. The second-order valence-corrected chi connectivity index (χ2v) is 3.64. The first-order chi connectivity index (χ1) is 5.84. The molecule has 0 atom stereocenters. The maximum absolute atomic E-state index is 11.0. The molecule has 0 saturated carbocycles. The first-order valence-corrected chi connectivity index (χ1v) is 5.46. The van der Waals surface area contributed by atoms with Crippen LogP contribution < -0.4 is 5.69 Å². The van der Waals surface area contributed by atoms with Gasteiger partial charge < -0.3 is 4.98 Å². The van der Waals surface area contributed by atoms with E-state index in [-0.39, 0.29) is 5.69 Å². The number of aryl methyl sites for hydroxylation is 1. The van der Waals surface area contributed by atoms with Crippen molar-refractivity contribution in [1.29, 1.82) is 0 Å². The predicted octanol–water partition coefficient (Wildman–Crippen LogP) is 1.32. The third-order valence-electron chi connectivity index (χ3n) is 1.72. The summed E-state index contributed by atoms with van der Waals surface area (Å²) in [5, 5.41) is 0. The number of nitrogens with one attached hydrogen (secondary N) is 1. The Morgan fingerprint density at radius 3 is 3.00 bits per heavy atom. The van der Waals surface area contributed by atoms with Crippen LogP contribution in [-0.2, 0) is 6.54 Å². The van der Waals surface area contributed by atoms with Crippen LogP contribution in [0.25, 0.3) is 0 Å². The fourth-order valence-corrected chi connectivity index (χ4v) is 1.55. The molecule has 4 heteroatoms. The summed E-state index contributed by atoms with van der Waals surface area (Å²) in [6.07, 6.45) is 7.83. The highest BCUT2D eigenvalue weighted by molar-refractivity contribution is 7.98. The molecule has 1 N–H and O–H groups in total. The van der Waals surface area contributed by atoms with Crippen LogP contribution in [-0.4, -0.2) is 21.6 Å². The van der Waals surface area contributed by atoms with E-state index in [4.69, 9.17) is 0 Å². The van der Waals surface area contributed by atoms with E-state index in [1.165, 1.54) is 12.2 Å². The molecule has 0 aromatic carbocycles. The Morgan fingerprint density at radius 2 is 2.42 bits per heavy atom. The van der Waals surface area contributed by atoms with Gasteiger partial charge in [-0.05, 0) is 24.9 Å². The van der Waals surface area contributed by atoms with Crippen LogP contribution >= 0.6 is 11.8 Å². The lowest BCUT2D eigenvalue weighted by molar-refractivity contribution is 0.618. The highest BCUT2D eigenvalue weighted by Gasteiger charge is 1.94. The van der Waals surface area contributed by atoms with Crippen LogP contribution in [0.5, 0.6) is 0 Å². The van der Waals surface area contributed by atoms with Gasteiger partial charge in [-0.2, -0.15) is 11.8 Å². The average Bonchev–Trinajstić information content (AvgIpc) is 2.46. The van der Waals surface area contributed by atoms with Gasteiger partial charge in [0.05, 0.1) is 0 Å². The van der Waals surface area contributed by atoms with Gasteiger partial charge in [0.15, 0.2) is 0 Å². The Labute approximate surface area is 76.2 Å². The SMILES string of the molecule is CSCCCCn1cc[nH]c1=O. The number of H-pyrrole nitrogens is 1. The first kappa shape index (κ1) is 9.45. The molecule has 0 fully saturated rings. The van der Waals surface area contributed by atoms with Gasteiger partial charge in [0.25, 0.3) is 0 Å². The second-order valence-electron chi connectivity index (χ2n) is 2.66. The van der Waals surface area contributed by atoms with Crippen LogP contribution in [0, 0.1) is 0 Å². The molecule has 0 spiro atoms. The number of unbranched alkanes of at least 4 members (excludes halogenated alkanes) is 1. The molecule has 0 aliphatic heterocycles. The highest BCUT2D eigenvalue weighted by atomic mass is 32.2. The van der Waals surface area contributed by atoms with Crippen LogP contribution in [0.4, 0.5) is 0 Å². The van der Waals surface area contributed by atoms with Gasteiger partial charge in [0, 0.05) is 18.9 Å². The molecular formula is C8H14N2OS. The van der Waals surface area contributed by atoms with Crippen molar-refractivity contribution in [2.45, 2.75) is 19.4 Å². The summed E-state index contributed by atoms with van der Waals surface area (Å²) in [4.78, 5) is 13.6. The highest BCUT2D eigenvalue weighted by Crippen LogP contribution is 1.99. The largest absolute Gasteiger partial charge is 0.325 e. The van der Waals surface area contributed by atoms with Crippen molar-refractivity contribution in [3.63, 3.8) is 0 Å². The molecule has 68 valence electrons. The molecule has 1 heterocycles. The zero-order valence-electron chi connectivity index (χ0n) is 7.25. The summed E-state index contributed by atoms with van der Waals surface area (Å²) in [6, 6.07) is 0. The lowest BCUT2D eigenvalue weighted by Gasteiger charge is -1.99. The standard InChI is InChI=1S/C8H14N2OS/c1-12-7-3-2-5-10-6-4-9-8(10)11/h4,6H,2-3,5,7H2,1H3,(H,9,11). The predicted molar refractivity (Wildman–Crippen MR) is 52.7 cm³/mol. The average molecular weight is 186 g/mol. The Bertz CT molecular complexity index is 266. The molecule has 0 aliphatic carbocycles. The number of imidazole rings is 1. The minimum absolute atomic E-state index is 0.000786. The van der Waals surface area contributed by atoms with Crippen molar-refractivity contribution in [1.82, 2.24) is 9.55 Å². The van der Waals surface area contributed by atoms with Gasteiger partial charge in [-0.25, -0.2) is 4.79 Å². The molecule has 1 aromatic heterocycles. The Balaban J connectivity index is 2.24. The lowest BCUT2D eigenvalue weighted by atomic mass is 10.3. The molecule has 0 amide bonds. The van der Waals surface area contributed by atoms with Crippen molar-refractivity contribution in [2.24, 2.45) is 0 Å². The van der Waals surface area contributed by atoms with E-state index in [0.717, 1.165) is 13.0 Å². The van der Waals surface area contributed by atoms with Gasteiger partial charge in [-0.15, -0.1) is 0 Å². The molecule has 0 saturated heterocycles. The first-order valence-electron chi connectivity index (χ1n) is 4.07. The number of aromatic nitrogens is 2. The van der Waals surface area contributed by atoms with Crippen molar-refractivity contribution in [3.05, 3.63) is 22.9 Å². The van der Waals surface area contributed by atoms with E-state index < -0.39 is 0 Å². The summed E-state index contributed by atoms with van der Waals surface area (Å²) in [5.41, 5.74) is -0.000786. The van der Waals surface area contributed by atoms with Crippen LogP contribution in [0.15, 0.2) is 17.2 Å². The molecule has 0 radical (unpaired) electrons. The zero-order chi connectivity index (χ0) is 8.81. The molecule has 0 aliphatic rings. The van der Waals surface area contributed by atoms with E-state index in [0.29, 0.717) is 0 Å². The molecule has 1 aromatic rings. The third kappa shape index (κ3) is 2.77. The van der Waals surface area contributed by atoms with Crippen molar-refractivity contribution in [2.75, 3.05) is 12.0 Å². The van der Waals surface area contributed by atoms with Crippen molar-refractivity contribution < 1.29 is 0 Å². The van der Waals surface area contributed by atoms with Crippen molar-refractivity contribution in [3.8, 4) is 0 Å². The maximum Gasteiger partial charge on any atom is 0.325 e. The second kappa shape index (κ2) is 5.09. The molecule has 3 nitrogen and oxygen atoms in total. The van der Waals surface area contributed by atoms with Gasteiger partial charge in [0.2, 0.25) is 0 Å². The molecule has 1 rings (SSSR count). The summed E-state index contributed by atoms with van der Waals surface area (Å²) in [7, 11) is 0. The number of hydrogen-bond acceptors (Lipinski definition) is 2. The summed E-state index contributed by atoms with van der Waals surface area (Å²) in [6.45, 7) is 0.836. The van der Waals surface area contributed by atoms with Crippen LogP contribution in [0.1, 0.15) is 12.8 Å². The molecule has 0 unspecified atom stereocenters. The minimum Gasteiger partial charge on any atom is -0.313 e. The van der Waals surface area contributed by atoms with Crippen LogP contribution in [0.2, 0.25) is 0 Å². The number of aromatic amines is 1. The minimum atomic E-state index is -0.000786. The van der Waals surface area contributed by atoms with E-state index in [2.05, 4.69) is 11.2 Å². The van der Waals surface area contributed by atoms with Crippen LogP contribution in [0.3, 0.4) is 0 Å². The summed E-state index contributed by atoms with van der Waals surface area (Å²) in [5.74, 6) is 1.18. The van der Waals surface area contributed by atoms with Crippen molar-refractivity contribution >= 4 is 11.8 Å². The van der Waals surface area contributed by atoms with Gasteiger partial charge in [-0.1, -0.05) is 0 Å². The molecule has 0 bridgehead atoms. The van der Waals surface area contributed by atoms with Gasteiger partial charge >= 0.3 is 5.69 Å². The molecule has 12 heavy (non-hydrogen) atoms. The fraction of sp³-hybridized carbons (Fsp3) is 0.625. The van der Waals surface area contributed by atoms with Gasteiger partial charge in [-0.3, -0.25) is 4.57 Å². The Hall–Kier alpha value is -0.640. The third-order valence-corrected chi connectivity index (χ3v) is 2.42. The number of nitrogens with zero attached hydrogens (tertiary/aromatic N) is 1. The quantitative estimate of drug-likeness (QED) is 0.704. The normalized spacial score (nSPS) is 10.4. The topological polar surface area (TPSA) is 37.8 Å². The monoisotopic (exact) mass is 186 g/mol. The molecular weight excluding hydrogens is 172 g/mol. The fourth-order valence-electron chi connectivity index (χ4n) is 1.05. The number of hydrogen-bond donors (Lipinski definition) is 1. The van der Waals surface area contributed by atoms with E-state index in [9.17, 15) is 4.79 Å². The van der Waals surface area contributed by atoms with Gasteiger partial charge in [0.1, 0.15) is 0 Å². The lowest BCUT2D eigenvalue weighted by Crippen LogP contribution is -2.16. The summed E-state index contributed by atoms with van der Waals surface area (Å²) < 4.78 is 1.71.